The predicted molar refractivity (Wildman–Crippen MR) is 71.6 cm³/mol. The van der Waals surface area contributed by atoms with Gasteiger partial charge in [0.05, 0.1) is 7.11 Å². The SMILES string of the molecule is CNc1nc(OC)nc(Sc2nc(C)cc(C)n2)n1. The van der Waals surface area contributed by atoms with Gasteiger partial charge >= 0.3 is 6.01 Å². The van der Waals surface area contributed by atoms with Gasteiger partial charge in [0.15, 0.2) is 5.16 Å². The van der Waals surface area contributed by atoms with Crippen LogP contribution in [0.5, 0.6) is 6.01 Å². The van der Waals surface area contributed by atoms with Crippen LogP contribution < -0.4 is 10.1 Å². The Bertz CT molecular complexity index is 549. The quantitative estimate of drug-likeness (QED) is 0.842. The van der Waals surface area contributed by atoms with Crippen LogP contribution in [0.4, 0.5) is 5.95 Å². The summed E-state index contributed by atoms with van der Waals surface area (Å²) in [5.74, 6) is 0.443. The van der Waals surface area contributed by atoms with Crippen molar-refractivity contribution in [3.05, 3.63) is 17.5 Å². The number of anilines is 1. The molecule has 0 aliphatic carbocycles. The Hall–Kier alpha value is -1.96. The summed E-state index contributed by atoms with van der Waals surface area (Å²) in [4.78, 5) is 21.1. The maximum Gasteiger partial charge on any atom is 0.321 e. The van der Waals surface area contributed by atoms with Crippen LogP contribution in [0.25, 0.3) is 0 Å². The molecule has 0 amide bonds. The molecule has 1 N–H and O–H groups in total. The summed E-state index contributed by atoms with van der Waals surface area (Å²) in [6.07, 6.45) is 0. The first-order valence-electron chi connectivity index (χ1n) is 5.58. The van der Waals surface area contributed by atoms with Gasteiger partial charge in [-0.05, 0) is 31.7 Å². The molecule has 0 saturated heterocycles. The van der Waals surface area contributed by atoms with Crippen molar-refractivity contribution in [2.75, 3.05) is 19.5 Å². The molecule has 19 heavy (non-hydrogen) atoms. The second-order valence-corrected chi connectivity index (χ2v) is 4.65. The van der Waals surface area contributed by atoms with Gasteiger partial charge in [0.2, 0.25) is 11.1 Å². The van der Waals surface area contributed by atoms with Crippen molar-refractivity contribution in [2.24, 2.45) is 0 Å². The Kier molecular flexibility index (Phi) is 4.10. The molecule has 0 bridgehead atoms. The molecule has 0 spiro atoms. The van der Waals surface area contributed by atoms with Gasteiger partial charge in [-0.2, -0.15) is 15.0 Å². The lowest BCUT2D eigenvalue weighted by Gasteiger charge is -2.05. The maximum absolute atomic E-state index is 5.03. The van der Waals surface area contributed by atoms with E-state index in [1.165, 1.54) is 18.9 Å². The van der Waals surface area contributed by atoms with Crippen molar-refractivity contribution in [2.45, 2.75) is 24.2 Å². The normalized spacial score (nSPS) is 10.3. The number of hydrogen-bond acceptors (Lipinski definition) is 8. The van der Waals surface area contributed by atoms with Crippen molar-refractivity contribution in [1.29, 1.82) is 0 Å². The lowest BCUT2D eigenvalue weighted by atomic mass is 10.4. The molecule has 2 rings (SSSR count). The van der Waals surface area contributed by atoms with E-state index in [4.69, 9.17) is 4.74 Å². The van der Waals surface area contributed by atoms with E-state index in [1.807, 2.05) is 19.9 Å². The second-order valence-electron chi connectivity index (χ2n) is 3.71. The summed E-state index contributed by atoms with van der Waals surface area (Å²) in [6.45, 7) is 3.84. The molecule has 8 heteroatoms. The van der Waals surface area contributed by atoms with Crippen LogP contribution in [0.3, 0.4) is 0 Å². The minimum absolute atomic E-state index is 0.256. The Morgan fingerprint density at radius 2 is 1.63 bits per heavy atom. The molecular weight excluding hydrogens is 264 g/mol. The Morgan fingerprint density at radius 3 is 2.21 bits per heavy atom. The molecule has 0 aliphatic rings. The molecular formula is C11H14N6OS. The third-order valence-corrected chi connectivity index (χ3v) is 2.88. The monoisotopic (exact) mass is 278 g/mol. The van der Waals surface area contributed by atoms with Gasteiger partial charge in [-0.25, -0.2) is 9.97 Å². The van der Waals surface area contributed by atoms with Gasteiger partial charge < -0.3 is 10.1 Å². The summed E-state index contributed by atoms with van der Waals surface area (Å²) < 4.78 is 5.03. The number of aromatic nitrogens is 5. The molecule has 0 aromatic carbocycles. The Labute approximate surface area is 115 Å². The summed E-state index contributed by atoms with van der Waals surface area (Å²) in [5, 5.41) is 3.95. The van der Waals surface area contributed by atoms with Crippen LogP contribution in [0, 0.1) is 13.8 Å². The molecule has 0 saturated carbocycles. The van der Waals surface area contributed by atoms with Crippen LogP contribution >= 0.6 is 11.8 Å². The lowest BCUT2D eigenvalue weighted by Crippen LogP contribution is -2.03. The number of aryl methyl sites for hydroxylation is 2. The van der Waals surface area contributed by atoms with Crippen LogP contribution in [0.1, 0.15) is 11.4 Å². The third kappa shape index (κ3) is 3.50. The van der Waals surface area contributed by atoms with Gasteiger partial charge in [0, 0.05) is 18.4 Å². The van der Waals surface area contributed by atoms with Gasteiger partial charge in [-0.1, -0.05) is 0 Å². The van der Waals surface area contributed by atoms with E-state index in [0.29, 0.717) is 16.3 Å². The molecule has 0 radical (unpaired) electrons. The lowest BCUT2D eigenvalue weighted by molar-refractivity contribution is 0.374. The van der Waals surface area contributed by atoms with Gasteiger partial charge in [0.25, 0.3) is 0 Å². The number of ether oxygens (including phenoxy) is 1. The summed E-state index contributed by atoms with van der Waals surface area (Å²) >= 11 is 1.27. The fourth-order valence-electron chi connectivity index (χ4n) is 1.41. The summed E-state index contributed by atoms with van der Waals surface area (Å²) in [7, 11) is 3.24. The number of nitrogens with zero attached hydrogens (tertiary/aromatic N) is 5. The number of hydrogen-bond donors (Lipinski definition) is 1. The highest BCUT2D eigenvalue weighted by Crippen LogP contribution is 2.23. The van der Waals surface area contributed by atoms with Gasteiger partial charge in [0.1, 0.15) is 0 Å². The first-order valence-corrected chi connectivity index (χ1v) is 6.40. The third-order valence-electron chi connectivity index (χ3n) is 2.14. The number of rotatable bonds is 4. The van der Waals surface area contributed by atoms with E-state index < -0.39 is 0 Å². The van der Waals surface area contributed by atoms with E-state index >= 15 is 0 Å². The highest BCUT2D eigenvalue weighted by molar-refractivity contribution is 7.99. The van der Waals surface area contributed by atoms with Crippen molar-refractivity contribution in [1.82, 2.24) is 24.9 Å². The Morgan fingerprint density at radius 1 is 1.00 bits per heavy atom. The van der Waals surface area contributed by atoms with Crippen LogP contribution in [-0.4, -0.2) is 39.1 Å². The number of methoxy groups -OCH3 is 1. The highest BCUT2D eigenvalue weighted by Gasteiger charge is 2.10. The molecule has 7 nitrogen and oxygen atoms in total. The average molecular weight is 278 g/mol. The fourth-order valence-corrected chi connectivity index (χ4v) is 2.21. The molecule has 0 unspecified atom stereocenters. The van der Waals surface area contributed by atoms with Crippen molar-refractivity contribution in [3.8, 4) is 6.01 Å². The van der Waals surface area contributed by atoms with Crippen molar-refractivity contribution < 1.29 is 4.74 Å². The summed E-state index contributed by atoms with van der Waals surface area (Å²) in [5.41, 5.74) is 1.81. The molecule has 100 valence electrons. The van der Waals surface area contributed by atoms with Crippen molar-refractivity contribution in [3.63, 3.8) is 0 Å². The molecule has 2 aromatic heterocycles. The molecule has 0 aliphatic heterocycles. The van der Waals surface area contributed by atoms with Gasteiger partial charge in [-0.15, -0.1) is 0 Å². The minimum Gasteiger partial charge on any atom is -0.467 e. The highest BCUT2D eigenvalue weighted by atomic mass is 32.2. The predicted octanol–water partition coefficient (Wildman–Crippen LogP) is 1.48. The number of nitrogens with one attached hydrogen (secondary N) is 1. The molecule has 2 heterocycles. The summed E-state index contributed by atoms with van der Waals surface area (Å²) in [6, 6.07) is 2.17. The zero-order chi connectivity index (χ0) is 13.8. The van der Waals surface area contributed by atoms with Gasteiger partial charge in [-0.3, -0.25) is 0 Å². The van der Waals surface area contributed by atoms with E-state index in [0.717, 1.165) is 11.4 Å². The zero-order valence-electron chi connectivity index (χ0n) is 11.1. The van der Waals surface area contributed by atoms with E-state index in [1.54, 1.807) is 7.05 Å². The first-order chi connectivity index (χ1) is 9.10. The minimum atomic E-state index is 0.256. The second kappa shape index (κ2) is 5.79. The molecule has 0 fully saturated rings. The van der Waals surface area contributed by atoms with Crippen molar-refractivity contribution >= 4 is 17.7 Å². The average Bonchev–Trinajstić information content (AvgIpc) is 2.37. The topological polar surface area (TPSA) is 85.7 Å². The van der Waals surface area contributed by atoms with Crippen LogP contribution in [0.2, 0.25) is 0 Å². The smallest absolute Gasteiger partial charge is 0.321 e. The van der Waals surface area contributed by atoms with Crippen LogP contribution in [-0.2, 0) is 0 Å². The molecule has 2 aromatic rings. The van der Waals surface area contributed by atoms with E-state index in [9.17, 15) is 0 Å². The largest absolute Gasteiger partial charge is 0.467 e. The first kappa shape index (κ1) is 13.5. The molecule has 0 atom stereocenters. The van der Waals surface area contributed by atoms with E-state index in [-0.39, 0.29) is 6.01 Å². The maximum atomic E-state index is 5.03. The van der Waals surface area contributed by atoms with E-state index in [2.05, 4.69) is 30.2 Å². The fraction of sp³-hybridized carbons (Fsp3) is 0.364. The Balaban J connectivity index is 2.31. The van der Waals surface area contributed by atoms with Crippen LogP contribution in [0.15, 0.2) is 16.4 Å². The zero-order valence-corrected chi connectivity index (χ0v) is 11.9. The standard InChI is InChI=1S/C11H14N6OS/c1-6-5-7(2)14-10(13-6)19-11-16-8(12-3)15-9(17-11)18-4/h5H,1-4H3,(H,12,15,16,17).